The van der Waals surface area contributed by atoms with Crippen LogP contribution < -0.4 is 5.73 Å². The average Bonchev–Trinajstić information content (AvgIpc) is 2.18. The van der Waals surface area contributed by atoms with Crippen LogP contribution in [0.15, 0.2) is 0 Å². The number of nitrogens with zero attached hydrogens (tertiary/aromatic N) is 3. The second-order valence-electron chi connectivity index (χ2n) is 1.49. The maximum absolute atomic E-state index is 8.18. The first kappa shape index (κ1) is 5.56. The molecule has 0 saturated carbocycles. The Kier molecular flexibility index (Phi) is 1.32. The maximum atomic E-state index is 8.18. The number of aromatic amines is 1. The van der Waals surface area contributed by atoms with Crippen molar-refractivity contribution >= 4 is 5.82 Å². The zero-order chi connectivity index (χ0) is 6.69. The molecule has 0 bridgehead atoms. The zero-order valence-electron chi connectivity index (χ0n) is 4.63. The van der Waals surface area contributed by atoms with Crippen molar-refractivity contribution < 1.29 is 0 Å². The predicted molar refractivity (Wildman–Crippen MR) is 30.1 cm³/mol. The van der Waals surface area contributed by atoms with Gasteiger partial charge in [-0.1, -0.05) is 0 Å². The van der Waals surface area contributed by atoms with Crippen molar-refractivity contribution in [3.63, 3.8) is 0 Å². The highest BCUT2D eigenvalue weighted by atomic mass is 15.3. The largest absolute Gasteiger partial charge is 0.381 e. The van der Waals surface area contributed by atoms with Crippen LogP contribution in [0.5, 0.6) is 0 Å². The topological polar surface area (TPSA) is 91.4 Å². The fourth-order valence-corrected chi connectivity index (χ4v) is 0.466. The molecule has 0 unspecified atom stereocenters. The van der Waals surface area contributed by atoms with E-state index in [4.69, 9.17) is 11.0 Å². The van der Waals surface area contributed by atoms with E-state index in [2.05, 4.69) is 15.4 Å². The quantitative estimate of drug-likeness (QED) is 0.524. The highest BCUT2D eigenvalue weighted by Crippen LogP contribution is 2.00. The Morgan fingerprint density at radius 1 is 1.67 bits per heavy atom. The lowest BCUT2D eigenvalue weighted by Gasteiger charge is -1.81. The number of nitrogens with one attached hydrogen (secondary N) is 1. The standard InChI is InChI=1S/C4H5N5/c5-2-1-3-4(6)8-9-7-3/h1H2,(H3,6,7,8,9). The Hall–Kier alpha value is -1.57. The second kappa shape index (κ2) is 2.13. The maximum Gasteiger partial charge on any atom is 0.170 e. The van der Waals surface area contributed by atoms with Gasteiger partial charge in [0.05, 0.1) is 12.5 Å². The van der Waals surface area contributed by atoms with Gasteiger partial charge in [-0.05, 0) is 0 Å². The van der Waals surface area contributed by atoms with Gasteiger partial charge < -0.3 is 5.73 Å². The Morgan fingerprint density at radius 3 is 2.89 bits per heavy atom. The molecule has 0 aliphatic carbocycles. The van der Waals surface area contributed by atoms with Crippen LogP contribution in [-0.4, -0.2) is 15.4 Å². The first-order valence-electron chi connectivity index (χ1n) is 2.36. The van der Waals surface area contributed by atoms with Crippen LogP contribution in [0, 0.1) is 11.3 Å². The molecule has 1 aromatic heterocycles. The van der Waals surface area contributed by atoms with Crippen LogP contribution in [0.25, 0.3) is 0 Å². The van der Waals surface area contributed by atoms with Gasteiger partial charge in [0.1, 0.15) is 5.69 Å². The molecular formula is C4H5N5. The summed E-state index contributed by atoms with van der Waals surface area (Å²) in [6, 6.07) is 1.91. The number of nitriles is 1. The smallest absolute Gasteiger partial charge is 0.170 e. The van der Waals surface area contributed by atoms with E-state index in [0.717, 1.165) is 0 Å². The SMILES string of the molecule is N#CCc1n[nH]nc1N. The Morgan fingerprint density at radius 2 is 2.44 bits per heavy atom. The summed E-state index contributed by atoms with van der Waals surface area (Å²) in [5, 5.41) is 17.6. The molecule has 0 fully saturated rings. The minimum atomic E-state index is 0.211. The van der Waals surface area contributed by atoms with E-state index in [0.29, 0.717) is 11.5 Å². The molecule has 5 heteroatoms. The fraction of sp³-hybridized carbons (Fsp3) is 0.250. The summed E-state index contributed by atoms with van der Waals surface area (Å²) < 4.78 is 0. The molecule has 1 aromatic rings. The summed E-state index contributed by atoms with van der Waals surface area (Å²) in [7, 11) is 0. The third kappa shape index (κ3) is 0.966. The molecule has 0 atom stereocenters. The molecule has 46 valence electrons. The molecule has 0 saturated heterocycles. The molecule has 0 aromatic carbocycles. The highest BCUT2D eigenvalue weighted by molar-refractivity contribution is 5.33. The predicted octanol–water partition coefficient (Wildman–Crippen LogP) is -0.547. The molecule has 0 amide bonds. The zero-order valence-corrected chi connectivity index (χ0v) is 4.63. The van der Waals surface area contributed by atoms with E-state index >= 15 is 0 Å². The fourth-order valence-electron chi connectivity index (χ4n) is 0.466. The molecule has 0 spiro atoms. The number of nitrogen functional groups attached to an aromatic ring is 1. The van der Waals surface area contributed by atoms with Crippen molar-refractivity contribution in [1.29, 1.82) is 5.26 Å². The molecule has 3 N–H and O–H groups in total. The summed E-state index contributed by atoms with van der Waals surface area (Å²) >= 11 is 0. The van der Waals surface area contributed by atoms with Crippen LogP contribution in [0.3, 0.4) is 0 Å². The van der Waals surface area contributed by atoms with Gasteiger partial charge in [0.2, 0.25) is 0 Å². The van der Waals surface area contributed by atoms with Gasteiger partial charge in [-0.15, -0.1) is 5.10 Å². The minimum Gasteiger partial charge on any atom is -0.381 e. The molecule has 5 nitrogen and oxygen atoms in total. The van der Waals surface area contributed by atoms with Crippen LogP contribution in [-0.2, 0) is 6.42 Å². The van der Waals surface area contributed by atoms with E-state index < -0.39 is 0 Å². The van der Waals surface area contributed by atoms with Gasteiger partial charge in [-0.3, -0.25) is 0 Å². The summed E-state index contributed by atoms with van der Waals surface area (Å²) in [4.78, 5) is 0. The molecule has 0 aliphatic heterocycles. The number of rotatable bonds is 1. The summed E-state index contributed by atoms with van der Waals surface area (Å²) in [5.74, 6) is 0.302. The van der Waals surface area contributed by atoms with Crippen LogP contribution >= 0.6 is 0 Å². The number of nitrogens with two attached hydrogens (primary N) is 1. The molecule has 0 aliphatic rings. The lowest BCUT2D eigenvalue weighted by molar-refractivity contribution is 0.921. The van der Waals surface area contributed by atoms with Crippen LogP contribution in [0.1, 0.15) is 5.69 Å². The summed E-state index contributed by atoms with van der Waals surface area (Å²) in [5.41, 5.74) is 5.78. The highest BCUT2D eigenvalue weighted by Gasteiger charge is 1.99. The third-order valence-corrected chi connectivity index (χ3v) is 0.898. The van der Waals surface area contributed by atoms with Gasteiger partial charge >= 0.3 is 0 Å². The number of aromatic nitrogens is 3. The van der Waals surface area contributed by atoms with Gasteiger partial charge in [0.15, 0.2) is 5.82 Å². The number of hydrogen-bond acceptors (Lipinski definition) is 4. The first-order chi connectivity index (χ1) is 4.34. The lowest BCUT2D eigenvalue weighted by atomic mass is 10.3. The normalized spacial score (nSPS) is 8.78. The van der Waals surface area contributed by atoms with Gasteiger partial charge in [-0.2, -0.15) is 15.6 Å². The third-order valence-electron chi connectivity index (χ3n) is 0.898. The molecular weight excluding hydrogens is 118 g/mol. The van der Waals surface area contributed by atoms with Crippen molar-refractivity contribution in [2.75, 3.05) is 5.73 Å². The average molecular weight is 123 g/mol. The van der Waals surface area contributed by atoms with E-state index in [-0.39, 0.29) is 6.42 Å². The van der Waals surface area contributed by atoms with Gasteiger partial charge in [0, 0.05) is 0 Å². The van der Waals surface area contributed by atoms with Crippen molar-refractivity contribution in [3.05, 3.63) is 5.69 Å². The van der Waals surface area contributed by atoms with Gasteiger partial charge in [0.25, 0.3) is 0 Å². The van der Waals surface area contributed by atoms with E-state index in [9.17, 15) is 0 Å². The summed E-state index contributed by atoms with van der Waals surface area (Å²) in [6.45, 7) is 0. The Labute approximate surface area is 51.5 Å². The number of anilines is 1. The first-order valence-corrected chi connectivity index (χ1v) is 2.36. The molecule has 9 heavy (non-hydrogen) atoms. The molecule has 1 heterocycles. The number of H-pyrrole nitrogens is 1. The summed E-state index contributed by atoms with van der Waals surface area (Å²) in [6.07, 6.45) is 0.211. The number of hydrogen-bond donors (Lipinski definition) is 2. The van der Waals surface area contributed by atoms with E-state index in [1.165, 1.54) is 0 Å². The van der Waals surface area contributed by atoms with Crippen molar-refractivity contribution in [2.45, 2.75) is 6.42 Å². The molecule has 1 rings (SSSR count). The monoisotopic (exact) mass is 123 g/mol. The second-order valence-corrected chi connectivity index (χ2v) is 1.49. The van der Waals surface area contributed by atoms with Crippen molar-refractivity contribution in [1.82, 2.24) is 15.4 Å². The van der Waals surface area contributed by atoms with Crippen LogP contribution in [0.4, 0.5) is 5.82 Å². The minimum absolute atomic E-state index is 0.211. The van der Waals surface area contributed by atoms with Crippen molar-refractivity contribution in [3.8, 4) is 6.07 Å². The van der Waals surface area contributed by atoms with E-state index in [1.807, 2.05) is 6.07 Å². The van der Waals surface area contributed by atoms with E-state index in [1.54, 1.807) is 0 Å². The van der Waals surface area contributed by atoms with Crippen molar-refractivity contribution in [2.24, 2.45) is 0 Å². The Balaban J connectivity index is 2.84. The van der Waals surface area contributed by atoms with Crippen LogP contribution in [0.2, 0.25) is 0 Å². The lowest BCUT2D eigenvalue weighted by Crippen LogP contribution is -1.90. The Bertz CT molecular complexity index is 231. The van der Waals surface area contributed by atoms with Gasteiger partial charge in [-0.25, -0.2) is 0 Å². The molecule has 0 radical (unpaired) electrons.